The molecule has 1 atom stereocenters. The molecule has 1 aromatic heterocycles. The quantitative estimate of drug-likeness (QED) is 0.594. The van der Waals surface area contributed by atoms with Crippen LogP contribution in [-0.2, 0) is 0 Å². The number of benzene rings is 1. The van der Waals surface area contributed by atoms with Gasteiger partial charge in [0.05, 0.1) is 11.3 Å². The fourth-order valence-electron chi connectivity index (χ4n) is 4.60. The highest BCUT2D eigenvalue weighted by atomic mass is 32.2. The summed E-state index contributed by atoms with van der Waals surface area (Å²) < 4.78 is 0. The van der Waals surface area contributed by atoms with Gasteiger partial charge in [0.25, 0.3) is 5.91 Å². The highest BCUT2D eigenvalue weighted by Gasteiger charge is 2.44. The Hall–Kier alpha value is -2.01. The summed E-state index contributed by atoms with van der Waals surface area (Å²) in [6, 6.07) is 12.5. The third-order valence-electron chi connectivity index (χ3n) is 7.27. The topological polar surface area (TPSA) is 45.2 Å². The first kappa shape index (κ1) is 19.9. The molecule has 0 bridgehead atoms. The molecule has 0 radical (unpaired) electrons. The molecular weight excluding hydrogens is 390 g/mol. The average molecular weight is 424 g/mol. The maximum Gasteiger partial charge on any atom is 0.258 e. The van der Waals surface area contributed by atoms with Crippen molar-refractivity contribution in [3.8, 4) is 0 Å². The van der Waals surface area contributed by atoms with Crippen molar-refractivity contribution < 1.29 is 4.79 Å². The van der Waals surface area contributed by atoms with E-state index in [2.05, 4.69) is 46.6 Å². The van der Waals surface area contributed by atoms with Gasteiger partial charge in [-0.25, -0.2) is 15.9 Å². The van der Waals surface area contributed by atoms with Crippen LogP contribution in [0.1, 0.15) is 67.4 Å². The number of carbonyl (C=O) groups is 1. The molecule has 1 saturated heterocycles. The van der Waals surface area contributed by atoms with E-state index in [1.54, 1.807) is 0 Å². The Kier molecular flexibility index (Phi) is 5.26. The number of carbonyl (C=O) groups excluding carboxylic acids is 1. The lowest BCUT2D eigenvalue weighted by atomic mass is 9.93. The molecule has 1 amide bonds. The second-order valence-electron chi connectivity index (χ2n) is 9.38. The highest BCUT2D eigenvalue weighted by molar-refractivity contribution is 8.16. The standard InChI is InChI=1S/C25H33N3OS/c1-3-30(2)19-9-10-20(22(17-19)28-15-13-25(11-12-25)14-16-28)24(29)27-23-6-4-5-21(26-23)18-7-8-18/h4-6,9-10,17-18,30H,3,7-8,11-16H2,1-2H3,(H,26,27,29). The van der Waals surface area contributed by atoms with E-state index in [-0.39, 0.29) is 16.8 Å². The van der Waals surface area contributed by atoms with E-state index in [0.29, 0.717) is 17.2 Å². The van der Waals surface area contributed by atoms with Gasteiger partial charge < -0.3 is 10.2 Å². The van der Waals surface area contributed by atoms with Gasteiger partial charge in [-0.2, -0.15) is 0 Å². The fourth-order valence-corrected chi connectivity index (χ4v) is 5.64. The first-order valence-corrected chi connectivity index (χ1v) is 13.4. The minimum absolute atomic E-state index is 0.0411. The van der Waals surface area contributed by atoms with Crippen LogP contribution >= 0.6 is 10.9 Å². The molecule has 3 aliphatic rings. The Morgan fingerprint density at radius 1 is 1.17 bits per heavy atom. The van der Waals surface area contributed by atoms with Crippen LogP contribution in [0.25, 0.3) is 0 Å². The number of nitrogens with zero attached hydrogens (tertiary/aromatic N) is 2. The number of hydrogen-bond acceptors (Lipinski definition) is 3. The normalized spacial score (nSPS) is 21.4. The van der Waals surface area contributed by atoms with Crippen molar-refractivity contribution in [2.45, 2.75) is 56.3 Å². The summed E-state index contributed by atoms with van der Waals surface area (Å²) in [5.74, 6) is 2.38. The van der Waals surface area contributed by atoms with Gasteiger partial charge in [-0.3, -0.25) is 4.79 Å². The van der Waals surface area contributed by atoms with Crippen LogP contribution in [0.5, 0.6) is 0 Å². The number of nitrogens with one attached hydrogen (secondary N) is 1. The summed E-state index contributed by atoms with van der Waals surface area (Å²) in [5.41, 5.74) is 3.63. The zero-order chi connectivity index (χ0) is 20.7. The molecule has 160 valence electrons. The molecule has 2 heterocycles. The predicted molar refractivity (Wildman–Crippen MR) is 127 cm³/mol. The van der Waals surface area contributed by atoms with Crippen molar-refractivity contribution in [1.29, 1.82) is 0 Å². The van der Waals surface area contributed by atoms with Gasteiger partial charge in [0, 0.05) is 24.7 Å². The van der Waals surface area contributed by atoms with E-state index >= 15 is 0 Å². The SMILES string of the molecule is CC[SH](C)c1ccc(C(=O)Nc2cccc(C3CC3)n2)c(N2CCC3(CC2)CC3)c1. The zero-order valence-electron chi connectivity index (χ0n) is 18.2. The van der Waals surface area contributed by atoms with Crippen LogP contribution in [0, 0.1) is 5.41 Å². The van der Waals surface area contributed by atoms with Crippen molar-refractivity contribution in [1.82, 2.24) is 4.98 Å². The van der Waals surface area contributed by atoms with E-state index in [0.717, 1.165) is 30.0 Å². The van der Waals surface area contributed by atoms with Gasteiger partial charge in [0.2, 0.25) is 0 Å². The molecule has 1 aliphatic heterocycles. The number of pyridine rings is 1. The summed E-state index contributed by atoms with van der Waals surface area (Å²) >= 11 is 0. The first-order chi connectivity index (χ1) is 14.6. The summed E-state index contributed by atoms with van der Waals surface area (Å²) in [6.07, 6.45) is 10.1. The van der Waals surface area contributed by atoms with Crippen molar-refractivity contribution in [3.05, 3.63) is 47.7 Å². The smallest absolute Gasteiger partial charge is 0.258 e. The lowest BCUT2D eigenvalue weighted by Gasteiger charge is -2.35. The van der Waals surface area contributed by atoms with Crippen molar-refractivity contribution in [2.24, 2.45) is 5.41 Å². The zero-order valence-corrected chi connectivity index (χ0v) is 19.0. The Balaban J connectivity index is 1.41. The number of rotatable bonds is 6. The molecule has 4 nitrogen and oxygen atoms in total. The molecule has 2 aromatic rings. The molecule has 30 heavy (non-hydrogen) atoms. The number of aromatic nitrogens is 1. The molecule has 1 unspecified atom stereocenters. The summed E-state index contributed by atoms with van der Waals surface area (Å²) in [6.45, 7) is 4.38. The Labute approximate surface area is 182 Å². The van der Waals surface area contributed by atoms with Gasteiger partial charge in [0.1, 0.15) is 5.82 Å². The van der Waals surface area contributed by atoms with E-state index in [9.17, 15) is 4.79 Å². The lowest BCUT2D eigenvalue weighted by Crippen LogP contribution is -2.35. The predicted octanol–water partition coefficient (Wildman–Crippen LogP) is 5.60. The van der Waals surface area contributed by atoms with Crippen molar-refractivity contribution >= 4 is 28.3 Å². The van der Waals surface area contributed by atoms with Crippen LogP contribution in [0.4, 0.5) is 11.5 Å². The van der Waals surface area contributed by atoms with E-state index in [4.69, 9.17) is 0 Å². The van der Waals surface area contributed by atoms with Crippen molar-refractivity contribution in [3.63, 3.8) is 0 Å². The summed E-state index contributed by atoms with van der Waals surface area (Å²) in [4.78, 5) is 21.8. The molecule has 1 aromatic carbocycles. The molecule has 3 fully saturated rings. The second kappa shape index (κ2) is 7.92. The van der Waals surface area contributed by atoms with Gasteiger partial charge in [-0.15, -0.1) is 0 Å². The third kappa shape index (κ3) is 4.09. The highest BCUT2D eigenvalue weighted by Crippen LogP contribution is 2.54. The van der Waals surface area contributed by atoms with Crippen LogP contribution < -0.4 is 10.2 Å². The van der Waals surface area contributed by atoms with Crippen molar-refractivity contribution in [2.75, 3.05) is 35.3 Å². The molecule has 1 N–H and O–H groups in total. The molecule has 2 saturated carbocycles. The number of piperidine rings is 1. The van der Waals surface area contributed by atoms with Crippen LogP contribution in [0.15, 0.2) is 41.3 Å². The molecule has 5 rings (SSSR count). The van der Waals surface area contributed by atoms with E-state index in [1.165, 1.54) is 49.2 Å². The minimum Gasteiger partial charge on any atom is -0.371 e. The monoisotopic (exact) mass is 423 g/mol. The molecule has 2 aliphatic carbocycles. The number of thiol groups is 1. The molecular formula is C25H33N3OS. The van der Waals surface area contributed by atoms with Crippen LogP contribution in [0.3, 0.4) is 0 Å². The van der Waals surface area contributed by atoms with Gasteiger partial charge in [-0.05, 0) is 91.2 Å². The number of anilines is 2. The maximum atomic E-state index is 13.3. The fraction of sp³-hybridized carbons (Fsp3) is 0.520. The van der Waals surface area contributed by atoms with Crippen LogP contribution in [0.2, 0.25) is 0 Å². The Bertz CT molecular complexity index is 941. The largest absolute Gasteiger partial charge is 0.371 e. The van der Waals surface area contributed by atoms with E-state index < -0.39 is 0 Å². The third-order valence-corrected chi connectivity index (χ3v) is 9.38. The maximum absolute atomic E-state index is 13.3. The number of hydrogen-bond donors (Lipinski definition) is 2. The Morgan fingerprint density at radius 2 is 1.93 bits per heavy atom. The average Bonchev–Trinajstić information content (AvgIpc) is 3.70. The summed E-state index contributed by atoms with van der Waals surface area (Å²) in [5, 5.41) is 3.08. The van der Waals surface area contributed by atoms with Gasteiger partial charge >= 0.3 is 0 Å². The molecule has 5 heteroatoms. The van der Waals surface area contributed by atoms with Gasteiger partial charge in [0.15, 0.2) is 0 Å². The minimum atomic E-state index is -0.173. The van der Waals surface area contributed by atoms with Crippen LogP contribution in [-0.4, -0.2) is 36.0 Å². The second-order valence-corrected chi connectivity index (χ2v) is 11.9. The lowest BCUT2D eigenvalue weighted by molar-refractivity contribution is 0.102. The molecule has 1 spiro atoms. The number of amides is 1. The first-order valence-electron chi connectivity index (χ1n) is 11.5. The summed E-state index contributed by atoms with van der Waals surface area (Å²) in [7, 11) is -0.173. The van der Waals surface area contributed by atoms with Gasteiger partial charge in [-0.1, -0.05) is 13.0 Å². The van der Waals surface area contributed by atoms with E-state index in [1.807, 2.05) is 18.2 Å². The Morgan fingerprint density at radius 3 is 2.60 bits per heavy atom.